The summed E-state index contributed by atoms with van der Waals surface area (Å²) in [6.07, 6.45) is 1.36. The number of sulfonamides is 1. The van der Waals surface area contributed by atoms with Gasteiger partial charge in [-0.05, 0) is 13.1 Å². The SMILES string of the molecule is CNS(=O)(=O)c1cc(C(=O)N2CCNC(=O)C2)n(C)c1. The molecule has 8 nitrogen and oxygen atoms in total. The van der Waals surface area contributed by atoms with Crippen molar-refractivity contribution in [3.8, 4) is 0 Å². The first-order valence-corrected chi connectivity index (χ1v) is 7.49. The maximum Gasteiger partial charge on any atom is 0.271 e. The number of carbonyl (C=O) groups excluding carboxylic acids is 2. The second-order valence-corrected chi connectivity index (χ2v) is 6.34. The first-order valence-electron chi connectivity index (χ1n) is 6.01. The minimum Gasteiger partial charge on any atom is -0.353 e. The van der Waals surface area contributed by atoms with Crippen molar-refractivity contribution in [3.05, 3.63) is 18.0 Å². The van der Waals surface area contributed by atoms with Gasteiger partial charge in [-0.2, -0.15) is 0 Å². The molecule has 0 aliphatic carbocycles. The fourth-order valence-electron chi connectivity index (χ4n) is 1.99. The minimum atomic E-state index is -3.60. The summed E-state index contributed by atoms with van der Waals surface area (Å²) in [5.74, 6) is -0.582. The summed E-state index contributed by atoms with van der Waals surface area (Å²) in [7, 11) is -0.702. The first-order chi connectivity index (χ1) is 9.35. The number of aromatic nitrogens is 1. The van der Waals surface area contributed by atoms with Crippen LogP contribution in [0.4, 0.5) is 0 Å². The molecule has 0 unspecified atom stereocenters. The molecule has 0 radical (unpaired) electrons. The van der Waals surface area contributed by atoms with Crippen LogP contribution in [-0.4, -0.2) is 56.4 Å². The predicted molar refractivity (Wildman–Crippen MR) is 70.6 cm³/mol. The highest BCUT2D eigenvalue weighted by molar-refractivity contribution is 7.89. The molecule has 1 aliphatic heterocycles. The van der Waals surface area contributed by atoms with Gasteiger partial charge in [-0.3, -0.25) is 9.59 Å². The molecule has 1 aromatic rings. The zero-order valence-electron chi connectivity index (χ0n) is 11.2. The van der Waals surface area contributed by atoms with Crippen molar-refractivity contribution in [1.82, 2.24) is 19.5 Å². The van der Waals surface area contributed by atoms with E-state index in [0.717, 1.165) is 0 Å². The Labute approximate surface area is 116 Å². The molecule has 0 spiro atoms. The zero-order chi connectivity index (χ0) is 14.9. The van der Waals surface area contributed by atoms with E-state index < -0.39 is 10.0 Å². The van der Waals surface area contributed by atoms with Crippen molar-refractivity contribution in [2.24, 2.45) is 7.05 Å². The summed E-state index contributed by atoms with van der Waals surface area (Å²) in [6.45, 7) is 0.790. The molecule has 0 bridgehead atoms. The van der Waals surface area contributed by atoms with Gasteiger partial charge >= 0.3 is 0 Å². The van der Waals surface area contributed by atoms with Gasteiger partial charge in [0.1, 0.15) is 10.6 Å². The molecular formula is C11H16N4O4S. The molecule has 1 fully saturated rings. The first kappa shape index (κ1) is 14.5. The summed E-state index contributed by atoms with van der Waals surface area (Å²) >= 11 is 0. The Morgan fingerprint density at radius 1 is 1.45 bits per heavy atom. The van der Waals surface area contributed by atoms with Crippen molar-refractivity contribution in [2.45, 2.75) is 4.90 Å². The number of nitrogens with one attached hydrogen (secondary N) is 2. The van der Waals surface area contributed by atoms with Crippen LogP contribution in [0.1, 0.15) is 10.5 Å². The van der Waals surface area contributed by atoms with E-state index in [1.165, 1.54) is 28.8 Å². The van der Waals surface area contributed by atoms with Crippen LogP contribution in [0, 0.1) is 0 Å². The topological polar surface area (TPSA) is 101 Å². The third-order valence-electron chi connectivity index (χ3n) is 3.10. The van der Waals surface area contributed by atoms with Gasteiger partial charge in [0, 0.05) is 26.3 Å². The van der Waals surface area contributed by atoms with Crippen LogP contribution in [0.25, 0.3) is 0 Å². The maximum atomic E-state index is 12.3. The standard InChI is InChI=1S/C11H16N4O4S/c1-12-20(18,19)8-5-9(14(2)6-8)11(17)15-4-3-13-10(16)7-15/h5-6,12H,3-4,7H2,1-2H3,(H,13,16). The van der Waals surface area contributed by atoms with Crippen molar-refractivity contribution in [1.29, 1.82) is 0 Å². The lowest BCUT2D eigenvalue weighted by molar-refractivity contribution is -0.123. The number of hydrogen-bond acceptors (Lipinski definition) is 4. The Morgan fingerprint density at radius 3 is 2.75 bits per heavy atom. The Kier molecular flexibility index (Phi) is 3.82. The summed E-state index contributed by atoms with van der Waals surface area (Å²) < 4.78 is 27.0. The number of hydrogen-bond donors (Lipinski definition) is 2. The molecule has 2 rings (SSSR count). The summed E-state index contributed by atoms with van der Waals surface area (Å²) in [4.78, 5) is 25.0. The Morgan fingerprint density at radius 2 is 2.15 bits per heavy atom. The number of amides is 2. The lowest BCUT2D eigenvalue weighted by Gasteiger charge is -2.26. The van der Waals surface area contributed by atoms with E-state index in [1.807, 2.05) is 0 Å². The fourth-order valence-corrected chi connectivity index (χ4v) is 2.78. The van der Waals surface area contributed by atoms with Gasteiger partial charge in [-0.25, -0.2) is 13.1 Å². The van der Waals surface area contributed by atoms with Crippen molar-refractivity contribution in [3.63, 3.8) is 0 Å². The highest BCUT2D eigenvalue weighted by atomic mass is 32.2. The number of carbonyl (C=O) groups is 2. The van der Waals surface area contributed by atoms with E-state index in [9.17, 15) is 18.0 Å². The molecule has 0 atom stereocenters. The van der Waals surface area contributed by atoms with Gasteiger partial charge in [0.2, 0.25) is 15.9 Å². The highest BCUT2D eigenvalue weighted by Crippen LogP contribution is 2.15. The van der Waals surface area contributed by atoms with Crippen LogP contribution >= 0.6 is 0 Å². The van der Waals surface area contributed by atoms with Gasteiger partial charge in [-0.15, -0.1) is 0 Å². The van der Waals surface area contributed by atoms with Crippen LogP contribution in [0.15, 0.2) is 17.2 Å². The zero-order valence-corrected chi connectivity index (χ0v) is 12.0. The monoisotopic (exact) mass is 300 g/mol. The second-order valence-electron chi connectivity index (χ2n) is 4.46. The fraction of sp³-hybridized carbons (Fsp3) is 0.455. The van der Waals surface area contributed by atoms with E-state index in [2.05, 4.69) is 10.0 Å². The van der Waals surface area contributed by atoms with Crippen LogP contribution in [-0.2, 0) is 21.9 Å². The predicted octanol–water partition coefficient (Wildman–Crippen LogP) is -1.49. The smallest absolute Gasteiger partial charge is 0.271 e. The van der Waals surface area contributed by atoms with E-state index in [-0.39, 0.29) is 28.9 Å². The number of aryl methyl sites for hydroxylation is 1. The quantitative estimate of drug-likeness (QED) is 0.710. The third-order valence-corrected chi connectivity index (χ3v) is 4.48. The van der Waals surface area contributed by atoms with Crippen LogP contribution in [0.3, 0.4) is 0 Å². The minimum absolute atomic E-state index is 0.0157. The van der Waals surface area contributed by atoms with Gasteiger partial charge in [0.25, 0.3) is 5.91 Å². The van der Waals surface area contributed by atoms with E-state index in [1.54, 1.807) is 7.05 Å². The lowest BCUT2D eigenvalue weighted by Crippen LogP contribution is -2.50. The maximum absolute atomic E-state index is 12.3. The lowest BCUT2D eigenvalue weighted by atomic mass is 10.3. The Bertz CT molecular complexity index is 649. The molecular weight excluding hydrogens is 284 g/mol. The van der Waals surface area contributed by atoms with Crippen molar-refractivity contribution >= 4 is 21.8 Å². The van der Waals surface area contributed by atoms with Crippen LogP contribution < -0.4 is 10.0 Å². The molecule has 9 heteroatoms. The normalized spacial score (nSPS) is 16.1. The van der Waals surface area contributed by atoms with Gasteiger partial charge in [0.15, 0.2) is 0 Å². The Balaban J connectivity index is 2.29. The number of nitrogens with zero attached hydrogens (tertiary/aromatic N) is 2. The second kappa shape index (κ2) is 5.25. The largest absolute Gasteiger partial charge is 0.353 e. The average Bonchev–Trinajstić information content (AvgIpc) is 2.81. The molecule has 2 amide bonds. The summed E-state index contributed by atoms with van der Waals surface area (Å²) in [6, 6.07) is 1.31. The number of piperazine rings is 1. The molecule has 0 aromatic carbocycles. The molecule has 2 N–H and O–H groups in total. The van der Waals surface area contributed by atoms with Crippen molar-refractivity contribution in [2.75, 3.05) is 26.7 Å². The summed E-state index contributed by atoms with van der Waals surface area (Å²) in [5, 5.41) is 2.63. The van der Waals surface area contributed by atoms with E-state index >= 15 is 0 Å². The summed E-state index contributed by atoms with van der Waals surface area (Å²) in [5.41, 5.74) is 0.230. The molecule has 1 saturated heterocycles. The van der Waals surface area contributed by atoms with Crippen molar-refractivity contribution < 1.29 is 18.0 Å². The molecule has 1 aliphatic rings. The molecule has 1 aromatic heterocycles. The molecule has 0 saturated carbocycles. The molecule has 20 heavy (non-hydrogen) atoms. The molecule has 110 valence electrons. The third kappa shape index (κ3) is 2.68. The number of rotatable bonds is 3. The van der Waals surface area contributed by atoms with E-state index in [0.29, 0.717) is 13.1 Å². The Hall–Kier alpha value is -1.87. The van der Waals surface area contributed by atoms with Gasteiger partial charge in [0.05, 0.1) is 6.54 Å². The van der Waals surface area contributed by atoms with Gasteiger partial charge < -0.3 is 14.8 Å². The average molecular weight is 300 g/mol. The van der Waals surface area contributed by atoms with Crippen LogP contribution in [0.5, 0.6) is 0 Å². The van der Waals surface area contributed by atoms with Crippen LogP contribution in [0.2, 0.25) is 0 Å². The van der Waals surface area contributed by atoms with Gasteiger partial charge in [-0.1, -0.05) is 0 Å². The molecule has 2 heterocycles. The van der Waals surface area contributed by atoms with E-state index in [4.69, 9.17) is 0 Å². The highest BCUT2D eigenvalue weighted by Gasteiger charge is 2.26.